The standard InChI is InChI=1S/C26H28N4O4S/c1-16-22(25-28-24(29-34-25)18-8-5-10-20(14-18)32-3)23(17-7-4-9-19(13-17)31-2)27-26(35)30(16)15-21-11-6-12-33-21/h4-5,7-10,13-14,21,23H,6,11-12,15H2,1-3H3,(H,27,35). The number of aromatic nitrogens is 2. The normalized spacial score (nSPS) is 20.2. The fourth-order valence-corrected chi connectivity index (χ4v) is 4.88. The highest BCUT2D eigenvalue weighted by atomic mass is 32.1. The maximum Gasteiger partial charge on any atom is 0.258 e. The first kappa shape index (κ1) is 23.3. The minimum atomic E-state index is -0.281. The van der Waals surface area contributed by atoms with Crippen LogP contribution in [0.2, 0.25) is 0 Å². The van der Waals surface area contributed by atoms with E-state index in [1.165, 1.54) is 0 Å². The van der Waals surface area contributed by atoms with E-state index in [-0.39, 0.29) is 12.1 Å². The zero-order valence-corrected chi connectivity index (χ0v) is 20.8. The molecule has 5 rings (SSSR count). The van der Waals surface area contributed by atoms with Crippen molar-refractivity contribution in [2.75, 3.05) is 27.4 Å². The molecular formula is C26H28N4O4S. The van der Waals surface area contributed by atoms with E-state index in [0.717, 1.165) is 53.3 Å². The zero-order chi connectivity index (χ0) is 24.4. The summed E-state index contributed by atoms with van der Waals surface area (Å²) in [7, 11) is 3.29. The van der Waals surface area contributed by atoms with Gasteiger partial charge in [0.1, 0.15) is 11.5 Å². The fraction of sp³-hybridized carbons (Fsp3) is 0.346. The first-order valence-electron chi connectivity index (χ1n) is 11.6. The molecule has 0 amide bonds. The van der Waals surface area contributed by atoms with Crippen LogP contribution in [0, 0.1) is 0 Å². The Morgan fingerprint density at radius 3 is 2.63 bits per heavy atom. The molecule has 1 saturated heterocycles. The van der Waals surface area contributed by atoms with E-state index >= 15 is 0 Å². The number of nitrogens with zero attached hydrogens (tertiary/aromatic N) is 3. The quantitative estimate of drug-likeness (QED) is 0.476. The molecule has 2 aliphatic rings. The molecule has 2 unspecified atom stereocenters. The highest BCUT2D eigenvalue weighted by Crippen LogP contribution is 2.38. The summed E-state index contributed by atoms with van der Waals surface area (Å²) >= 11 is 5.80. The van der Waals surface area contributed by atoms with Gasteiger partial charge in [-0.15, -0.1) is 0 Å². The van der Waals surface area contributed by atoms with E-state index in [2.05, 4.69) is 15.4 Å². The number of rotatable bonds is 7. The van der Waals surface area contributed by atoms with Crippen molar-refractivity contribution < 1.29 is 18.7 Å². The molecule has 0 radical (unpaired) electrons. The van der Waals surface area contributed by atoms with Crippen molar-refractivity contribution in [1.29, 1.82) is 0 Å². The number of hydrogen-bond acceptors (Lipinski definition) is 7. The highest BCUT2D eigenvalue weighted by Gasteiger charge is 2.35. The molecule has 0 spiro atoms. The van der Waals surface area contributed by atoms with Crippen molar-refractivity contribution in [2.24, 2.45) is 0 Å². The second kappa shape index (κ2) is 10.1. The fourth-order valence-electron chi connectivity index (χ4n) is 4.55. The van der Waals surface area contributed by atoms with E-state index < -0.39 is 0 Å². The minimum absolute atomic E-state index is 0.134. The molecule has 182 valence electrons. The molecule has 0 saturated carbocycles. The number of ether oxygens (including phenoxy) is 3. The minimum Gasteiger partial charge on any atom is -0.497 e. The Balaban J connectivity index is 1.57. The summed E-state index contributed by atoms with van der Waals surface area (Å²) in [6, 6.07) is 15.2. The Morgan fingerprint density at radius 1 is 1.11 bits per heavy atom. The van der Waals surface area contributed by atoms with E-state index in [9.17, 15) is 0 Å². The average Bonchev–Trinajstić information content (AvgIpc) is 3.59. The van der Waals surface area contributed by atoms with Gasteiger partial charge in [0.25, 0.3) is 5.89 Å². The molecule has 9 heteroatoms. The number of benzene rings is 2. The molecule has 1 N–H and O–H groups in total. The second-order valence-corrected chi connectivity index (χ2v) is 8.95. The molecule has 0 bridgehead atoms. The lowest BCUT2D eigenvalue weighted by Gasteiger charge is -2.38. The number of nitrogens with one attached hydrogen (secondary N) is 1. The van der Waals surface area contributed by atoms with E-state index in [1.54, 1.807) is 14.2 Å². The van der Waals surface area contributed by atoms with Crippen LogP contribution in [0.1, 0.15) is 37.3 Å². The van der Waals surface area contributed by atoms with Gasteiger partial charge in [-0.25, -0.2) is 0 Å². The van der Waals surface area contributed by atoms with Crippen molar-refractivity contribution in [3.8, 4) is 22.9 Å². The molecule has 3 heterocycles. The van der Waals surface area contributed by atoms with Crippen LogP contribution in [0.5, 0.6) is 11.5 Å². The van der Waals surface area contributed by atoms with E-state index in [0.29, 0.717) is 23.4 Å². The zero-order valence-electron chi connectivity index (χ0n) is 20.0. The van der Waals surface area contributed by atoms with Gasteiger partial charge in [-0.1, -0.05) is 29.4 Å². The first-order valence-corrected chi connectivity index (χ1v) is 12.0. The number of thiocarbonyl (C=S) groups is 1. The Labute approximate surface area is 209 Å². The van der Waals surface area contributed by atoms with Crippen LogP contribution < -0.4 is 14.8 Å². The summed E-state index contributed by atoms with van der Waals surface area (Å²) in [4.78, 5) is 6.85. The van der Waals surface area contributed by atoms with Crippen LogP contribution in [-0.2, 0) is 4.74 Å². The molecule has 35 heavy (non-hydrogen) atoms. The average molecular weight is 493 g/mol. The molecule has 8 nitrogen and oxygen atoms in total. The van der Waals surface area contributed by atoms with Gasteiger partial charge in [0.05, 0.1) is 38.5 Å². The lowest BCUT2D eigenvalue weighted by molar-refractivity contribution is 0.0962. The molecule has 1 aromatic heterocycles. The van der Waals surface area contributed by atoms with Gasteiger partial charge in [0, 0.05) is 17.9 Å². The molecule has 2 atom stereocenters. The van der Waals surface area contributed by atoms with Gasteiger partial charge in [-0.05, 0) is 61.8 Å². The number of hydrogen-bond donors (Lipinski definition) is 1. The van der Waals surface area contributed by atoms with Crippen LogP contribution in [0.25, 0.3) is 17.0 Å². The Hall–Kier alpha value is -3.43. The van der Waals surface area contributed by atoms with Crippen molar-refractivity contribution in [2.45, 2.75) is 31.9 Å². The van der Waals surface area contributed by atoms with Gasteiger partial charge in [-0.2, -0.15) is 4.98 Å². The smallest absolute Gasteiger partial charge is 0.258 e. The third-order valence-corrected chi connectivity index (χ3v) is 6.76. The first-order chi connectivity index (χ1) is 17.1. The Bertz CT molecular complexity index is 1250. The molecule has 0 aliphatic carbocycles. The third kappa shape index (κ3) is 4.74. The SMILES string of the molecule is COc1cccc(-c2noc(C3=C(C)N(CC4CCCO4)C(=S)NC3c3cccc(OC)c3)n2)c1. The lowest BCUT2D eigenvalue weighted by atomic mass is 9.94. The highest BCUT2D eigenvalue weighted by molar-refractivity contribution is 7.80. The van der Waals surface area contributed by atoms with Gasteiger partial charge in [0.2, 0.25) is 5.82 Å². The third-order valence-electron chi connectivity index (χ3n) is 6.42. The maximum absolute atomic E-state index is 5.89. The van der Waals surface area contributed by atoms with Crippen LogP contribution in [0.3, 0.4) is 0 Å². The van der Waals surface area contributed by atoms with Gasteiger partial charge in [-0.3, -0.25) is 0 Å². The van der Waals surface area contributed by atoms with Crippen LogP contribution in [-0.4, -0.2) is 53.6 Å². The molecule has 2 aliphatic heterocycles. The van der Waals surface area contributed by atoms with E-state index in [4.69, 9.17) is 35.9 Å². The molecular weight excluding hydrogens is 464 g/mol. The number of methoxy groups -OCH3 is 2. The topological polar surface area (TPSA) is 81.9 Å². The predicted molar refractivity (Wildman–Crippen MR) is 136 cm³/mol. The number of allylic oxidation sites excluding steroid dienone is 1. The van der Waals surface area contributed by atoms with Gasteiger partial charge >= 0.3 is 0 Å². The lowest BCUT2D eigenvalue weighted by Crippen LogP contribution is -2.48. The van der Waals surface area contributed by atoms with Gasteiger partial charge < -0.3 is 29.0 Å². The summed E-state index contributed by atoms with van der Waals surface area (Å²) in [5.74, 6) is 2.41. The summed E-state index contributed by atoms with van der Waals surface area (Å²) in [5.41, 5.74) is 3.62. The van der Waals surface area contributed by atoms with Crippen molar-refractivity contribution in [3.63, 3.8) is 0 Å². The summed E-state index contributed by atoms with van der Waals surface area (Å²) in [6.07, 6.45) is 2.21. The van der Waals surface area contributed by atoms with Crippen molar-refractivity contribution in [3.05, 3.63) is 65.7 Å². The van der Waals surface area contributed by atoms with Crippen LogP contribution in [0.15, 0.2) is 58.8 Å². The maximum atomic E-state index is 5.89. The second-order valence-electron chi connectivity index (χ2n) is 8.56. The molecule has 3 aromatic rings. The summed E-state index contributed by atoms with van der Waals surface area (Å²) < 4.78 is 22.5. The van der Waals surface area contributed by atoms with Crippen molar-refractivity contribution in [1.82, 2.24) is 20.4 Å². The summed E-state index contributed by atoms with van der Waals surface area (Å²) in [6.45, 7) is 3.50. The Morgan fingerprint density at radius 2 is 1.89 bits per heavy atom. The van der Waals surface area contributed by atoms with Crippen LogP contribution >= 0.6 is 12.2 Å². The van der Waals surface area contributed by atoms with E-state index in [1.807, 2.05) is 55.5 Å². The van der Waals surface area contributed by atoms with Gasteiger partial charge in [0.15, 0.2) is 5.11 Å². The van der Waals surface area contributed by atoms with Crippen LogP contribution in [0.4, 0.5) is 0 Å². The summed E-state index contributed by atoms with van der Waals surface area (Å²) in [5, 5.41) is 8.41. The Kier molecular flexibility index (Phi) is 6.70. The monoisotopic (exact) mass is 492 g/mol. The largest absolute Gasteiger partial charge is 0.497 e. The van der Waals surface area contributed by atoms with Crippen molar-refractivity contribution >= 4 is 22.9 Å². The molecule has 2 aromatic carbocycles. The molecule has 1 fully saturated rings. The predicted octanol–water partition coefficient (Wildman–Crippen LogP) is 4.60.